The number of carbonyl (C=O) groups is 2. The number of amides is 1. The lowest BCUT2D eigenvalue weighted by Gasteiger charge is -2.30. The summed E-state index contributed by atoms with van der Waals surface area (Å²) < 4.78 is 4.95. The van der Waals surface area contributed by atoms with Crippen molar-refractivity contribution in [1.82, 2.24) is 10.2 Å². The van der Waals surface area contributed by atoms with E-state index in [4.69, 9.17) is 4.74 Å². The number of ether oxygens (including phenoxy) is 1. The third-order valence-electron chi connectivity index (χ3n) is 3.18. The molecule has 20 heavy (non-hydrogen) atoms. The molecule has 0 aromatic heterocycles. The standard InChI is InChI=1S/C15H30N2O3/c1-7-20-14(18)10-17(12(4)5)13(6)15(19)16-9-8-11(2)3/h11-13H,7-10H2,1-6H3,(H,16,19). The molecule has 0 aliphatic rings. The highest BCUT2D eigenvalue weighted by Gasteiger charge is 2.25. The SMILES string of the molecule is CCOC(=O)CN(C(C)C)C(C)C(=O)NCCC(C)C. The zero-order chi connectivity index (χ0) is 15.7. The third kappa shape index (κ3) is 7.48. The average Bonchev–Trinajstić information content (AvgIpc) is 2.34. The van der Waals surface area contributed by atoms with Gasteiger partial charge in [0, 0.05) is 12.6 Å². The van der Waals surface area contributed by atoms with Crippen LogP contribution in [0.5, 0.6) is 0 Å². The minimum Gasteiger partial charge on any atom is -0.465 e. The molecular formula is C15H30N2O3. The molecule has 0 rings (SSSR count). The number of esters is 1. The van der Waals surface area contributed by atoms with Gasteiger partial charge in [0.15, 0.2) is 0 Å². The second kappa shape index (κ2) is 9.75. The van der Waals surface area contributed by atoms with Crippen molar-refractivity contribution in [3.63, 3.8) is 0 Å². The van der Waals surface area contributed by atoms with Crippen LogP contribution in [0.3, 0.4) is 0 Å². The van der Waals surface area contributed by atoms with Gasteiger partial charge in [0.2, 0.25) is 5.91 Å². The second-order valence-corrected chi connectivity index (χ2v) is 5.72. The Hall–Kier alpha value is -1.10. The monoisotopic (exact) mass is 286 g/mol. The molecule has 1 unspecified atom stereocenters. The predicted octanol–water partition coefficient (Wildman–Crippen LogP) is 1.81. The Morgan fingerprint density at radius 1 is 1.15 bits per heavy atom. The molecular weight excluding hydrogens is 256 g/mol. The van der Waals surface area contributed by atoms with E-state index >= 15 is 0 Å². The van der Waals surface area contributed by atoms with Crippen LogP contribution < -0.4 is 5.32 Å². The maximum absolute atomic E-state index is 12.1. The Balaban J connectivity index is 4.43. The summed E-state index contributed by atoms with van der Waals surface area (Å²) >= 11 is 0. The third-order valence-corrected chi connectivity index (χ3v) is 3.18. The Morgan fingerprint density at radius 3 is 2.20 bits per heavy atom. The van der Waals surface area contributed by atoms with Crippen LogP contribution >= 0.6 is 0 Å². The van der Waals surface area contributed by atoms with E-state index in [0.29, 0.717) is 19.1 Å². The van der Waals surface area contributed by atoms with Gasteiger partial charge in [0.05, 0.1) is 19.2 Å². The lowest BCUT2D eigenvalue weighted by Crippen LogP contribution is -2.50. The van der Waals surface area contributed by atoms with Crippen LogP contribution in [0.15, 0.2) is 0 Å². The van der Waals surface area contributed by atoms with Crippen LogP contribution in [0.2, 0.25) is 0 Å². The first-order valence-corrected chi connectivity index (χ1v) is 7.48. The first kappa shape index (κ1) is 18.9. The lowest BCUT2D eigenvalue weighted by atomic mass is 10.1. The van der Waals surface area contributed by atoms with Crippen molar-refractivity contribution in [2.75, 3.05) is 19.7 Å². The van der Waals surface area contributed by atoms with E-state index in [1.54, 1.807) is 6.92 Å². The summed E-state index contributed by atoms with van der Waals surface area (Å²) in [6, 6.07) is -0.239. The average molecular weight is 286 g/mol. The van der Waals surface area contributed by atoms with Crippen LogP contribution in [0, 0.1) is 5.92 Å². The molecule has 1 N–H and O–H groups in total. The molecule has 0 fully saturated rings. The highest BCUT2D eigenvalue weighted by Crippen LogP contribution is 2.06. The van der Waals surface area contributed by atoms with Crippen molar-refractivity contribution >= 4 is 11.9 Å². The molecule has 0 radical (unpaired) electrons. The van der Waals surface area contributed by atoms with Crippen LogP contribution in [-0.4, -0.2) is 48.6 Å². The van der Waals surface area contributed by atoms with Crippen LogP contribution in [0.4, 0.5) is 0 Å². The minimum atomic E-state index is -0.341. The molecule has 0 saturated carbocycles. The number of carbonyl (C=O) groups excluding carboxylic acids is 2. The molecule has 0 aromatic carbocycles. The quantitative estimate of drug-likeness (QED) is 0.657. The van der Waals surface area contributed by atoms with Crippen molar-refractivity contribution in [2.24, 2.45) is 5.92 Å². The van der Waals surface area contributed by atoms with Gasteiger partial charge >= 0.3 is 5.97 Å². The molecule has 1 atom stereocenters. The number of hydrogen-bond donors (Lipinski definition) is 1. The number of rotatable bonds is 9. The summed E-state index contributed by atoms with van der Waals surface area (Å²) in [6.45, 7) is 13.0. The Bertz CT molecular complexity index is 303. The van der Waals surface area contributed by atoms with E-state index in [1.165, 1.54) is 0 Å². The molecule has 0 spiro atoms. The van der Waals surface area contributed by atoms with Gasteiger partial charge in [-0.2, -0.15) is 0 Å². The zero-order valence-electron chi connectivity index (χ0n) is 13.7. The Kier molecular flexibility index (Phi) is 9.21. The van der Waals surface area contributed by atoms with E-state index in [-0.39, 0.29) is 30.5 Å². The second-order valence-electron chi connectivity index (χ2n) is 5.72. The molecule has 0 heterocycles. The van der Waals surface area contributed by atoms with Gasteiger partial charge < -0.3 is 10.1 Å². The molecule has 0 saturated heterocycles. The van der Waals surface area contributed by atoms with Gasteiger partial charge in [-0.15, -0.1) is 0 Å². The largest absolute Gasteiger partial charge is 0.465 e. The van der Waals surface area contributed by atoms with Crippen LogP contribution in [0.25, 0.3) is 0 Å². The van der Waals surface area contributed by atoms with Gasteiger partial charge in [-0.05, 0) is 40.0 Å². The van der Waals surface area contributed by atoms with E-state index < -0.39 is 0 Å². The van der Waals surface area contributed by atoms with E-state index in [0.717, 1.165) is 6.42 Å². The Labute approximate surface area is 123 Å². The van der Waals surface area contributed by atoms with Crippen molar-refractivity contribution in [3.8, 4) is 0 Å². The molecule has 0 aliphatic heterocycles. The summed E-state index contributed by atoms with van der Waals surface area (Å²) in [5.41, 5.74) is 0. The number of hydrogen-bond acceptors (Lipinski definition) is 4. The zero-order valence-corrected chi connectivity index (χ0v) is 13.7. The molecule has 0 bridgehead atoms. The summed E-state index contributed by atoms with van der Waals surface area (Å²) in [5, 5.41) is 2.92. The molecule has 5 nitrogen and oxygen atoms in total. The molecule has 5 heteroatoms. The van der Waals surface area contributed by atoms with Crippen molar-refractivity contribution in [2.45, 2.75) is 60.0 Å². The van der Waals surface area contributed by atoms with Crippen molar-refractivity contribution < 1.29 is 14.3 Å². The van der Waals surface area contributed by atoms with E-state index in [2.05, 4.69) is 19.2 Å². The van der Waals surface area contributed by atoms with Gasteiger partial charge in [0.1, 0.15) is 0 Å². The van der Waals surface area contributed by atoms with Gasteiger partial charge in [0.25, 0.3) is 0 Å². The highest BCUT2D eigenvalue weighted by molar-refractivity contribution is 5.82. The predicted molar refractivity (Wildman–Crippen MR) is 80.4 cm³/mol. The summed E-state index contributed by atoms with van der Waals surface area (Å²) in [6.07, 6.45) is 0.956. The van der Waals surface area contributed by atoms with Crippen LogP contribution in [0.1, 0.15) is 48.0 Å². The lowest BCUT2D eigenvalue weighted by molar-refractivity contribution is -0.146. The highest BCUT2D eigenvalue weighted by atomic mass is 16.5. The molecule has 1 amide bonds. The maximum Gasteiger partial charge on any atom is 0.320 e. The summed E-state index contributed by atoms with van der Waals surface area (Å²) in [5.74, 6) is 0.234. The van der Waals surface area contributed by atoms with E-state index in [1.807, 2.05) is 25.7 Å². The molecule has 118 valence electrons. The summed E-state index contributed by atoms with van der Waals surface area (Å²) in [7, 11) is 0. The molecule has 0 aliphatic carbocycles. The van der Waals surface area contributed by atoms with E-state index in [9.17, 15) is 9.59 Å². The van der Waals surface area contributed by atoms with Crippen molar-refractivity contribution in [1.29, 1.82) is 0 Å². The number of nitrogens with zero attached hydrogens (tertiary/aromatic N) is 1. The first-order valence-electron chi connectivity index (χ1n) is 7.48. The fourth-order valence-corrected chi connectivity index (χ4v) is 1.90. The Morgan fingerprint density at radius 2 is 1.75 bits per heavy atom. The smallest absolute Gasteiger partial charge is 0.320 e. The van der Waals surface area contributed by atoms with Crippen molar-refractivity contribution in [3.05, 3.63) is 0 Å². The minimum absolute atomic E-state index is 0.0383. The fraction of sp³-hybridized carbons (Fsp3) is 0.867. The topological polar surface area (TPSA) is 58.6 Å². The summed E-state index contributed by atoms with van der Waals surface area (Å²) in [4.78, 5) is 25.5. The maximum atomic E-state index is 12.1. The van der Waals surface area contributed by atoms with Gasteiger partial charge in [-0.3, -0.25) is 14.5 Å². The van der Waals surface area contributed by atoms with Crippen LogP contribution in [-0.2, 0) is 14.3 Å². The first-order chi connectivity index (χ1) is 9.29. The van der Waals surface area contributed by atoms with Gasteiger partial charge in [-0.1, -0.05) is 13.8 Å². The fourth-order valence-electron chi connectivity index (χ4n) is 1.90. The van der Waals surface area contributed by atoms with Gasteiger partial charge in [-0.25, -0.2) is 0 Å². The normalized spacial score (nSPS) is 12.8. The number of nitrogens with one attached hydrogen (secondary N) is 1. The molecule has 0 aromatic rings.